The summed E-state index contributed by atoms with van der Waals surface area (Å²) in [7, 11) is 0. The van der Waals surface area contributed by atoms with Crippen molar-refractivity contribution in [3.8, 4) is 0 Å². The number of aromatic nitrogens is 2. The number of carbonyl (C=O) groups is 2. The molecule has 0 aromatic carbocycles. The zero-order chi connectivity index (χ0) is 22.1. The molecule has 1 amide bonds. The van der Waals surface area contributed by atoms with Crippen LogP contribution in [0.15, 0.2) is 0 Å². The summed E-state index contributed by atoms with van der Waals surface area (Å²) < 4.78 is 13.1. The number of amides is 1. The first-order valence-electron chi connectivity index (χ1n) is 12.9. The van der Waals surface area contributed by atoms with Crippen molar-refractivity contribution in [2.45, 2.75) is 109 Å². The Balaban J connectivity index is 1.44. The summed E-state index contributed by atoms with van der Waals surface area (Å²) in [6, 6.07) is 0.407. The first kappa shape index (κ1) is 21.8. The van der Waals surface area contributed by atoms with Gasteiger partial charge in [0.15, 0.2) is 11.4 Å². The third kappa shape index (κ3) is 4.03. The zero-order valence-corrected chi connectivity index (χ0v) is 19.4. The van der Waals surface area contributed by atoms with Crippen LogP contribution < -0.4 is 5.32 Å². The van der Waals surface area contributed by atoms with Gasteiger partial charge < -0.3 is 14.8 Å². The van der Waals surface area contributed by atoms with Gasteiger partial charge >= 0.3 is 6.16 Å². The molecule has 3 saturated carbocycles. The minimum Gasteiger partial charge on any atom is -0.435 e. The van der Waals surface area contributed by atoms with Gasteiger partial charge in [0, 0.05) is 23.6 Å². The molecule has 0 saturated heterocycles. The summed E-state index contributed by atoms with van der Waals surface area (Å²) in [5.74, 6) is 0.459. The number of nitrogens with zero attached hydrogens (tertiary/aromatic N) is 2. The van der Waals surface area contributed by atoms with E-state index < -0.39 is 11.9 Å². The van der Waals surface area contributed by atoms with Crippen LogP contribution in [0, 0.1) is 11.8 Å². The number of hydrogen-bond donors (Lipinski definition) is 1. The standard InChI is InChI=1S/C25H37N3O4/c1-2-31-24(30)32-25(16-17-13-14-18(25)15-17)26-23(29)22-20-11-7-4-8-12-21(20)28(27-22)19-9-5-3-6-10-19/h17-19H,2-16H2,1H3,(H,26,29). The average molecular weight is 444 g/mol. The molecule has 4 aliphatic rings. The Bertz CT molecular complexity index is 860. The van der Waals surface area contributed by atoms with Crippen molar-refractivity contribution in [1.82, 2.24) is 15.1 Å². The number of carbonyl (C=O) groups excluding carboxylic acids is 2. The summed E-state index contributed by atoms with van der Waals surface area (Å²) in [5.41, 5.74) is 1.99. The van der Waals surface area contributed by atoms with Crippen molar-refractivity contribution in [2.75, 3.05) is 6.61 Å². The Kier molecular flexibility index (Phi) is 6.17. The van der Waals surface area contributed by atoms with E-state index in [1.807, 2.05) is 0 Å². The fourth-order valence-corrected chi connectivity index (χ4v) is 6.74. The van der Waals surface area contributed by atoms with Crippen molar-refractivity contribution in [3.05, 3.63) is 17.0 Å². The molecule has 1 N–H and O–H groups in total. The van der Waals surface area contributed by atoms with Crippen LogP contribution in [-0.4, -0.2) is 34.2 Å². The molecule has 3 atom stereocenters. The fraction of sp³-hybridized carbons (Fsp3) is 0.800. The second-order valence-corrected chi connectivity index (χ2v) is 10.3. The maximum Gasteiger partial charge on any atom is 0.510 e. The number of nitrogens with one attached hydrogen (secondary N) is 1. The molecule has 1 aromatic rings. The summed E-state index contributed by atoms with van der Waals surface area (Å²) in [5, 5.41) is 8.12. The second-order valence-electron chi connectivity index (χ2n) is 10.3. The van der Waals surface area contributed by atoms with Crippen LogP contribution in [0.2, 0.25) is 0 Å². The highest BCUT2D eigenvalue weighted by molar-refractivity contribution is 5.94. The molecule has 7 heteroatoms. The summed E-state index contributed by atoms with van der Waals surface area (Å²) >= 11 is 0. The smallest absolute Gasteiger partial charge is 0.435 e. The molecule has 1 aromatic heterocycles. The lowest BCUT2D eigenvalue weighted by molar-refractivity contribution is -0.0792. The van der Waals surface area contributed by atoms with Crippen molar-refractivity contribution >= 4 is 12.1 Å². The third-order valence-electron chi connectivity index (χ3n) is 8.24. The molecule has 3 fully saturated rings. The van der Waals surface area contributed by atoms with Gasteiger partial charge in [0.25, 0.3) is 5.91 Å². The molecular weight excluding hydrogens is 406 g/mol. The van der Waals surface area contributed by atoms with Gasteiger partial charge in [-0.3, -0.25) is 9.48 Å². The van der Waals surface area contributed by atoms with Crippen LogP contribution in [0.5, 0.6) is 0 Å². The topological polar surface area (TPSA) is 82.4 Å². The average Bonchev–Trinajstić information content (AvgIpc) is 3.43. The van der Waals surface area contributed by atoms with Crippen LogP contribution >= 0.6 is 0 Å². The minimum absolute atomic E-state index is 0.153. The van der Waals surface area contributed by atoms with E-state index in [4.69, 9.17) is 14.6 Å². The summed E-state index contributed by atoms with van der Waals surface area (Å²) in [6.45, 7) is 2.02. The highest BCUT2D eigenvalue weighted by Crippen LogP contribution is 2.51. The monoisotopic (exact) mass is 443 g/mol. The lowest BCUT2D eigenvalue weighted by atomic mass is 9.90. The van der Waals surface area contributed by atoms with Crippen molar-refractivity contribution in [2.24, 2.45) is 11.8 Å². The van der Waals surface area contributed by atoms with Crippen molar-refractivity contribution in [1.29, 1.82) is 0 Å². The molecule has 176 valence electrons. The number of hydrogen-bond acceptors (Lipinski definition) is 5. The van der Waals surface area contributed by atoms with Gasteiger partial charge in [0.2, 0.25) is 0 Å². The molecule has 5 rings (SSSR count). The van der Waals surface area contributed by atoms with Crippen LogP contribution in [0.1, 0.15) is 112 Å². The van der Waals surface area contributed by atoms with E-state index in [0.29, 0.717) is 24.1 Å². The van der Waals surface area contributed by atoms with Gasteiger partial charge in [-0.2, -0.15) is 5.10 Å². The molecule has 2 bridgehead atoms. The van der Waals surface area contributed by atoms with Crippen LogP contribution in [0.3, 0.4) is 0 Å². The van der Waals surface area contributed by atoms with Gasteiger partial charge in [-0.05, 0) is 70.6 Å². The Morgan fingerprint density at radius 1 is 1.06 bits per heavy atom. The first-order chi connectivity index (χ1) is 15.6. The molecule has 4 aliphatic carbocycles. The van der Waals surface area contributed by atoms with Crippen molar-refractivity contribution < 1.29 is 19.1 Å². The van der Waals surface area contributed by atoms with E-state index >= 15 is 0 Å². The van der Waals surface area contributed by atoms with E-state index in [2.05, 4.69) is 10.00 Å². The van der Waals surface area contributed by atoms with Gasteiger partial charge in [0.05, 0.1) is 12.6 Å². The molecule has 0 radical (unpaired) electrons. The van der Waals surface area contributed by atoms with E-state index in [0.717, 1.165) is 63.4 Å². The molecule has 7 nitrogen and oxygen atoms in total. The maximum absolute atomic E-state index is 13.7. The van der Waals surface area contributed by atoms with Gasteiger partial charge in [-0.1, -0.05) is 25.7 Å². The van der Waals surface area contributed by atoms with E-state index in [1.165, 1.54) is 31.4 Å². The van der Waals surface area contributed by atoms with E-state index in [1.54, 1.807) is 6.92 Å². The number of rotatable bonds is 5. The van der Waals surface area contributed by atoms with Gasteiger partial charge in [-0.15, -0.1) is 0 Å². The third-order valence-corrected chi connectivity index (χ3v) is 8.24. The first-order valence-corrected chi connectivity index (χ1v) is 12.9. The van der Waals surface area contributed by atoms with Gasteiger partial charge in [0.1, 0.15) is 0 Å². The zero-order valence-electron chi connectivity index (χ0n) is 19.4. The normalized spacial score (nSPS) is 29.9. The highest BCUT2D eigenvalue weighted by atomic mass is 16.7. The predicted octanol–water partition coefficient (Wildman–Crippen LogP) is 5.08. The Hall–Kier alpha value is -2.05. The molecule has 0 spiro atoms. The lowest BCUT2D eigenvalue weighted by Gasteiger charge is -2.37. The predicted molar refractivity (Wildman–Crippen MR) is 119 cm³/mol. The van der Waals surface area contributed by atoms with E-state index in [9.17, 15) is 9.59 Å². The summed E-state index contributed by atoms with van der Waals surface area (Å²) in [6.07, 6.45) is 14.5. The lowest BCUT2D eigenvalue weighted by Crippen LogP contribution is -2.55. The molecule has 3 unspecified atom stereocenters. The molecular formula is C25H37N3O4. The number of ether oxygens (including phenoxy) is 2. The quantitative estimate of drug-likeness (QED) is 0.390. The molecule has 32 heavy (non-hydrogen) atoms. The highest BCUT2D eigenvalue weighted by Gasteiger charge is 2.55. The SMILES string of the molecule is CCOC(=O)OC1(NC(=O)c2nn(C3CCCCC3)c3c2CCCCC3)CC2CCC1C2. The van der Waals surface area contributed by atoms with Crippen LogP contribution in [0.4, 0.5) is 4.79 Å². The van der Waals surface area contributed by atoms with Gasteiger partial charge in [-0.25, -0.2) is 4.79 Å². The molecule has 0 aliphatic heterocycles. The Labute approximate surface area is 190 Å². The van der Waals surface area contributed by atoms with Crippen LogP contribution in [-0.2, 0) is 22.3 Å². The number of fused-ring (bicyclic) bond motifs is 3. The Morgan fingerprint density at radius 3 is 2.56 bits per heavy atom. The minimum atomic E-state index is -0.960. The van der Waals surface area contributed by atoms with Crippen molar-refractivity contribution in [3.63, 3.8) is 0 Å². The molecule has 1 heterocycles. The summed E-state index contributed by atoms with van der Waals surface area (Å²) in [4.78, 5) is 26.0. The van der Waals surface area contributed by atoms with E-state index in [-0.39, 0.29) is 18.4 Å². The second kappa shape index (κ2) is 9.06. The van der Waals surface area contributed by atoms with Crippen LogP contribution in [0.25, 0.3) is 0 Å². The Morgan fingerprint density at radius 2 is 1.84 bits per heavy atom. The fourth-order valence-electron chi connectivity index (χ4n) is 6.74. The maximum atomic E-state index is 13.7. The largest absolute Gasteiger partial charge is 0.510 e.